The average Bonchev–Trinajstić information content (AvgIpc) is 1.83. The van der Waals surface area contributed by atoms with Gasteiger partial charge in [-0.2, -0.15) is 0 Å². The number of hydrogen-bond donors (Lipinski definition) is 2. The third-order valence-electron chi connectivity index (χ3n) is 1.18. The molecule has 0 aromatic rings. The number of rotatable bonds is 4. The summed E-state index contributed by atoms with van der Waals surface area (Å²) < 4.78 is 0. The molecule has 54 valence electrons. The van der Waals surface area contributed by atoms with Gasteiger partial charge in [0.05, 0.1) is 6.10 Å². The van der Waals surface area contributed by atoms with Gasteiger partial charge in [0, 0.05) is 6.54 Å². The van der Waals surface area contributed by atoms with Crippen molar-refractivity contribution in [1.29, 1.82) is 0 Å². The van der Waals surface area contributed by atoms with Gasteiger partial charge in [0.15, 0.2) is 0 Å². The van der Waals surface area contributed by atoms with Crippen molar-refractivity contribution >= 4 is 0 Å². The lowest BCUT2D eigenvalue weighted by Gasteiger charge is -2.05. The lowest BCUT2D eigenvalue weighted by Crippen LogP contribution is -2.19. The van der Waals surface area contributed by atoms with E-state index < -0.39 is 0 Å². The molecule has 1 atom stereocenters. The quantitative estimate of drug-likeness (QED) is 0.548. The predicted molar refractivity (Wildman–Crippen MR) is 39.1 cm³/mol. The summed E-state index contributed by atoms with van der Waals surface area (Å²) in [5.41, 5.74) is 6.28. The van der Waals surface area contributed by atoms with Crippen molar-refractivity contribution < 1.29 is 5.11 Å². The van der Waals surface area contributed by atoms with Crippen molar-refractivity contribution in [1.82, 2.24) is 0 Å². The van der Waals surface area contributed by atoms with Crippen LogP contribution in [0.3, 0.4) is 0 Å². The number of aliphatic hydroxyl groups excluding tert-OH is 1. The molecule has 0 radical (unpaired) electrons. The van der Waals surface area contributed by atoms with E-state index in [1.54, 1.807) is 0 Å². The molecular weight excluding hydrogens is 114 g/mol. The zero-order chi connectivity index (χ0) is 7.28. The van der Waals surface area contributed by atoms with Crippen molar-refractivity contribution in [3.8, 4) is 0 Å². The molecule has 0 aliphatic heterocycles. The Bertz CT molecular complexity index is 90.9. The first-order valence-electron chi connectivity index (χ1n) is 3.19. The molecule has 2 heteroatoms. The van der Waals surface area contributed by atoms with Crippen LogP contribution in [0.15, 0.2) is 12.2 Å². The minimum atomic E-state index is -0.346. The first-order valence-corrected chi connectivity index (χ1v) is 3.19. The maximum absolute atomic E-state index is 8.94. The second-order valence-corrected chi connectivity index (χ2v) is 2.39. The van der Waals surface area contributed by atoms with Gasteiger partial charge in [-0.3, -0.25) is 0 Å². The zero-order valence-corrected chi connectivity index (χ0v) is 5.93. The molecule has 9 heavy (non-hydrogen) atoms. The molecule has 0 aromatic heterocycles. The van der Waals surface area contributed by atoms with Gasteiger partial charge in [-0.1, -0.05) is 5.57 Å². The molecule has 2 nitrogen and oxygen atoms in total. The molecule has 0 fully saturated rings. The fourth-order valence-electron chi connectivity index (χ4n) is 0.531. The van der Waals surface area contributed by atoms with Crippen molar-refractivity contribution in [2.24, 2.45) is 5.73 Å². The van der Waals surface area contributed by atoms with E-state index in [-0.39, 0.29) is 6.10 Å². The van der Waals surface area contributed by atoms with E-state index in [1.165, 1.54) is 0 Å². The molecule has 0 saturated carbocycles. The van der Waals surface area contributed by atoms with Crippen LogP contribution in [-0.4, -0.2) is 17.8 Å². The Balaban J connectivity index is 3.16. The molecule has 0 heterocycles. The molecule has 0 amide bonds. The Morgan fingerprint density at radius 3 is 2.67 bits per heavy atom. The molecule has 0 rings (SSSR count). The largest absolute Gasteiger partial charge is 0.392 e. The predicted octanol–water partition coefficient (Wildman–Crippen LogP) is 0.662. The lowest BCUT2D eigenvalue weighted by atomic mass is 10.1. The standard InChI is InChI=1S/C7H15NO/c1-6(2)3-4-7(9)5-8/h7,9H,1,3-5,8H2,2H3. The van der Waals surface area contributed by atoms with Gasteiger partial charge in [0.25, 0.3) is 0 Å². The second-order valence-electron chi connectivity index (χ2n) is 2.39. The summed E-state index contributed by atoms with van der Waals surface area (Å²) in [4.78, 5) is 0. The molecule has 0 saturated heterocycles. The third kappa shape index (κ3) is 5.53. The van der Waals surface area contributed by atoms with Crippen molar-refractivity contribution in [3.05, 3.63) is 12.2 Å². The number of hydrogen-bond acceptors (Lipinski definition) is 2. The smallest absolute Gasteiger partial charge is 0.0665 e. The fourth-order valence-corrected chi connectivity index (χ4v) is 0.531. The van der Waals surface area contributed by atoms with E-state index in [9.17, 15) is 0 Å². The van der Waals surface area contributed by atoms with Crippen LogP contribution in [0.5, 0.6) is 0 Å². The molecule has 3 N–H and O–H groups in total. The summed E-state index contributed by atoms with van der Waals surface area (Å²) >= 11 is 0. The van der Waals surface area contributed by atoms with E-state index in [0.29, 0.717) is 6.54 Å². The highest BCUT2D eigenvalue weighted by Gasteiger charge is 1.98. The maximum Gasteiger partial charge on any atom is 0.0665 e. The van der Waals surface area contributed by atoms with Crippen LogP contribution < -0.4 is 5.73 Å². The van der Waals surface area contributed by atoms with Gasteiger partial charge in [-0.15, -0.1) is 6.58 Å². The lowest BCUT2D eigenvalue weighted by molar-refractivity contribution is 0.173. The number of aliphatic hydroxyl groups is 1. The summed E-state index contributed by atoms with van der Waals surface area (Å²) in [6, 6.07) is 0. The van der Waals surface area contributed by atoms with Gasteiger partial charge in [-0.25, -0.2) is 0 Å². The molecule has 1 unspecified atom stereocenters. The molecular formula is C7H15NO. The Kier molecular flexibility index (Phi) is 4.36. The van der Waals surface area contributed by atoms with Gasteiger partial charge in [-0.05, 0) is 19.8 Å². The summed E-state index contributed by atoms with van der Waals surface area (Å²) in [6.07, 6.45) is 1.27. The Morgan fingerprint density at radius 1 is 1.78 bits per heavy atom. The number of nitrogens with two attached hydrogens (primary N) is 1. The van der Waals surface area contributed by atoms with Crippen LogP contribution >= 0.6 is 0 Å². The van der Waals surface area contributed by atoms with Crippen LogP contribution in [0.1, 0.15) is 19.8 Å². The zero-order valence-electron chi connectivity index (χ0n) is 5.93. The molecule has 0 spiro atoms. The highest BCUT2D eigenvalue weighted by Crippen LogP contribution is 2.02. The van der Waals surface area contributed by atoms with E-state index >= 15 is 0 Å². The summed E-state index contributed by atoms with van der Waals surface area (Å²) in [7, 11) is 0. The van der Waals surface area contributed by atoms with Crippen LogP contribution in [0.4, 0.5) is 0 Å². The van der Waals surface area contributed by atoms with Gasteiger partial charge >= 0.3 is 0 Å². The first-order chi connectivity index (χ1) is 4.16. The van der Waals surface area contributed by atoms with Gasteiger partial charge in [0.1, 0.15) is 0 Å². The summed E-state index contributed by atoms with van der Waals surface area (Å²) in [5.74, 6) is 0. The Labute approximate surface area is 56.4 Å². The second kappa shape index (κ2) is 4.53. The third-order valence-corrected chi connectivity index (χ3v) is 1.18. The van der Waals surface area contributed by atoms with Crippen molar-refractivity contribution in [2.45, 2.75) is 25.9 Å². The number of allylic oxidation sites excluding steroid dienone is 1. The van der Waals surface area contributed by atoms with Crippen LogP contribution in [0, 0.1) is 0 Å². The van der Waals surface area contributed by atoms with Crippen molar-refractivity contribution in [3.63, 3.8) is 0 Å². The monoisotopic (exact) mass is 129 g/mol. The van der Waals surface area contributed by atoms with E-state index in [0.717, 1.165) is 18.4 Å². The minimum absolute atomic E-state index is 0.346. The molecule has 0 aliphatic rings. The van der Waals surface area contributed by atoms with E-state index in [1.807, 2.05) is 6.92 Å². The molecule has 0 aromatic carbocycles. The SMILES string of the molecule is C=C(C)CCC(O)CN. The van der Waals surface area contributed by atoms with Gasteiger partial charge < -0.3 is 10.8 Å². The summed E-state index contributed by atoms with van der Waals surface area (Å²) in [5, 5.41) is 8.94. The molecule has 0 aliphatic carbocycles. The average molecular weight is 129 g/mol. The molecule has 0 bridgehead atoms. The minimum Gasteiger partial charge on any atom is -0.392 e. The fraction of sp³-hybridized carbons (Fsp3) is 0.714. The Hall–Kier alpha value is -0.340. The van der Waals surface area contributed by atoms with Gasteiger partial charge in [0.2, 0.25) is 0 Å². The van der Waals surface area contributed by atoms with E-state index in [4.69, 9.17) is 10.8 Å². The maximum atomic E-state index is 8.94. The highest BCUT2D eigenvalue weighted by atomic mass is 16.3. The van der Waals surface area contributed by atoms with Crippen LogP contribution in [0.25, 0.3) is 0 Å². The Morgan fingerprint density at radius 2 is 2.33 bits per heavy atom. The van der Waals surface area contributed by atoms with Crippen molar-refractivity contribution in [2.75, 3.05) is 6.54 Å². The topological polar surface area (TPSA) is 46.2 Å². The van der Waals surface area contributed by atoms with Crippen LogP contribution in [-0.2, 0) is 0 Å². The summed E-state index contributed by atoms with van der Waals surface area (Å²) in [6.45, 7) is 6.01. The first kappa shape index (κ1) is 8.66. The normalized spacial score (nSPS) is 13.2. The highest BCUT2D eigenvalue weighted by molar-refractivity contribution is 4.88. The van der Waals surface area contributed by atoms with Crippen LogP contribution in [0.2, 0.25) is 0 Å². The van der Waals surface area contributed by atoms with E-state index in [2.05, 4.69) is 6.58 Å².